The number of fused-ring (bicyclic) bond motifs is 1. The van der Waals surface area contributed by atoms with E-state index in [-0.39, 0.29) is 0 Å². The van der Waals surface area contributed by atoms with Gasteiger partial charge in [-0.15, -0.1) is 11.3 Å². The molecule has 0 aliphatic heterocycles. The Balaban J connectivity index is 1.60. The van der Waals surface area contributed by atoms with Crippen molar-refractivity contribution in [1.82, 2.24) is 10.3 Å². The third-order valence-electron chi connectivity index (χ3n) is 3.63. The van der Waals surface area contributed by atoms with Crippen LogP contribution in [0, 0.1) is 6.92 Å². The minimum Gasteiger partial charge on any atom is -0.310 e. The average Bonchev–Trinajstić information content (AvgIpc) is 2.90. The lowest BCUT2D eigenvalue weighted by atomic mass is 10.1. The van der Waals surface area contributed by atoms with Crippen LogP contribution in [0.3, 0.4) is 0 Å². The molecule has 0 aliphatic carbocycles. The lowest BCUT2D eigenvalue weighted by Crippen LogP contribution is -2.27. The van der Waals surface area contributed by atoms with Gasteiger partial charge in [0.1, 0.15) is 0 Å². The van der Waals surface area contributed by atoms with Crippen LogP contribution in [-0.4, -0.2) is 11.0 Å². The Labute approximate surface area is 129 Å². The summed E-state index contributed by atoms with van der Waals surface area (Å²) < 4.78 is 0. The molecule has 1 aromatic carbocycles. The van der Waals surface area contributed by atoms with Crippen LogP contribution < -0.4 is 5.32 Å². The second kappa shape index (κ2) is 6.37. The second-order valence-electron chi connectivity index (χ2n) is 5.53. The Kier molecular flexibility index (Phi) is 4.32. The molecule has 0 fully saturated rings. The summed E-state index contributed by atoms with van der Waals surface area (Å²) in [4.78, 5) is 7.20. The number of pyridine rings is 1. The van der Waals surface area contributed by atoms with Gasteiger partial charge in [-0.25, -0.2) is 0 Å². The third-order valence-corrected chi connectivity index (χ3v) is 4.65. The Morgan fingerprint density at radius 2 is 2.10 bits per heavy atom. The fourth-order valence-corrected chi connectivity index (χ4v) is 3.51. The summed E-state index contributed by atoms with van der Waals surface area (Å²) in [5, 5.41) is 4.81. The van der Waals surface area contributed by atoms with Crippen LogP contribution in [0.4, 0.5) is 0 Å². The summed E-state index contributed by atoms with van der Waals surface area (Å²) in [6.07, 6.45) is 2.93. The van der Waals surface area contributed by atoms with Crippen molar-refractivity contribution in [3.05, 3.63) is 64.0 Å². The van der Waals surface area contributed by atoms with Crippen LogP contribution in [-0.2, 0) is 13.0 Å². The van der Waals surface area contributed by atoms with Gasteiger partial charge in [-0.1, -0.05) is 12.1 Å². The van der Waals surface area contributed by atoms with Crippen molar-refractivity contribution in [2.24, 2.45) is 0 Å². The zero-order valence-electron chi connectivity index (χ0n) is 12.5. The van der Waals surface area contributed by atoms with E-state index in [9.17, 15) is 0 Å². The zero-order chi connectivity index (χ0) is 14.7. The highest BCUT2D eigenvalue weighted by Crippen LogP contribution is 2.17. The molecule has 0 bridgehead atoms. The van der Waals surface area contributed by atoms with Crippen LogP contribution in [0.15, 0.2) is 48.7 Å². The Morgan fingerprint density at radius 3 is 2.90 bits per heavy atom. The topological polar surface area (TPSA) is 24.9 Å². The minimum absolute atomic E-state index is 0.479. The van der Waals surface area contributed by atoms with Gasteiger partial charge in [0.15, 0.2) is 0 Å². The van der Waals surface area contributed by atoms with E-state index >= 15 is 0 Å². The van der Waals surface area contributed by atoms with E-state index in [4.69, 9.17) is 0 Å². The Hall–Kier alpha value is -1.71. The number of nitrogens with one attached hydrogen (secondary N) is 1. The molecular weight excluding hydrogens is 276 g/mol. The highest BCUT2D eigenvalue weighted by atomic mass is 32.1. The van der Waals surface area contributed by atoms with Gasteiger partial charge in [-0.3, -0.25) is 4.98 Å². The Bertz CT molecular complexity index is 733. The SMILES string of the molecule is Cc1ccc(CC(C)NCc2ccc3ncccc3c2)s1. The van der Waals surface area contributed by atoms with Gasteiger partial charge in [0.2, 0.25) is 0 Å². The molecule has 1 atom stereocenters. The molecule has 3 rings (SSSR count). The summed E-state index contributed by atoms with van der Waals surface area (Å²) in [5.41, 5.74) is 2.37. The average molecular weight is 296 g/mol. The zero-order valence-corrected chi connectivity index (χ0v) is 13.3. The number of thiophene rings is 1. The normalized spacial score (nSPS) is 12.7. The fraction of sp³-hybridized carbons (Fsp3) is 0.278. The molecule has 2 aromatic heterocycles. The molecule has 0 saturated heterocycles. The van der Waals surface area contributed by atoms with Crippen molar-refractivity contribution in [3.63, 3.8) is 0 Å². The molecule has 1 unspecified atom stereocenters. The van der Waals surface area contributed by atoms with Crippen LogP contribution in [0.2, 0.25) is 0 Å². The van der Waals surface area contributed by atoms with E-state index in [1.807, 2.05) is 23.6 Å². The first kappa shape index (κ1) is 14.2. The Morgan fingerprint density at radius 1 is 1.19 bits per heavy atom. The summed E-state index contributed by atoms with van der Waals surface area (Å²) in [7, 11) is 0. The maximum atomic E-state index is 4.36. The van der Waals surface area contributed by atoms with E-state index < -0.39 is 0 Å². The first-order valence-electron chi connectivity index (χ1n) is 7.33. The summed E-state index contributed by atoms with van der Waals surface area (Å²) >= 11 is 1.89. The fourth-order valence-electron chi connectivity index (χ4n) is 2.50. The lowest BCUT2D eigenvalue weighted by molar-refractivity contribution is 0.549. The largest absolute Gasteiger partial charge is 0.310 e. The second-order valence-corrected chi connectivity index (χ2v) is 6.90. The molecule has 3 aromatic rings. The van der Waals surface area contributed by atoms with E-state index in [2.05, 4.69) is 60.5 Å². The molecule has 2 nitrogen and oxygen atoms in total. The molecule has 0 aliphatic rings. The standard InChI is InChI=1S/C18H20N2S/c1-13(10-17-7-5-14(2)21-17)20-12-15-6-8-18-16(11-15)4-3-9-19-18/h3-9,11,13,20H,10,12H2,1-2H3. The van der Waals surface area contributed by atoms with Gasteiger partial charge in [-0.05, 0) is 56.2 Å². The van der Waals surface area contributed by atoms with Crippen molar-refractivity contribution >= 4 is 22.2 Å². The molecule has 0 spiro atoms. The molecular formula is C18H20N2S. The monoisotopic (exact) mass is 296 g/mol. The van der Waals surface area contributed by atoms with E-state index in [1.54, 1.807) is 0 Å². The number of hydrogen-bond acceptors (Lipinski definition) is 3. The summed E-state index contributed by atoms with van der Waals surface area (Å²) in [6.45, 7) is 5.31. The molecule has 0 radical (unpaired) electrons. The van der Waals surface area contributed by atoms with Gasteiger partial charge < -0.3 is 5.32 Å². The van der Waals surface area contributed by atoms with Gasteiger partial charge in [-0.2, -0.15) is 0 Å². The van der Waals surface area contributed by atoms with Crippen molar-refractivity contribution < 1.29 is 0 Å². The first-order chi connectivity index (χ1) is 10.2. The van der Waals surface area contributed by atoms with Gasteiger partial charge in [0.05, 0.1) is 5.52 Å². The van der Waals surface area contributed by atoms with Crippen molar-refractivity contribution in [1.29, 1.82) is 0 Å². The third kappa shape index (κ3) is 3.69. The van der Waals surface area contributed by atoms with E-state index in [1.165, 1.54) is 20.7 Å². The molecule has 21 heavy (non-hydrogen) atoms. The van der Waals surface area contributed by atoms with Crippen molar-refractivity contribution in [2.75, 3.05) is 0 Å². The molecule has 1 N–H and O–H groups in total. The van der Waals surface area contributed by atoms with Crippen LogP contribution in [0.5, 0.6) is 0 Å². The summed E-state index contributed by atoms with van der Waals surface area (Å²) in [6, 6.07) is 15.5. The number of rotatable bonds is 5. The number of hydrogen-bond donors (Lipinski definition) is 1. The van der Waals surface area contributed by atoms with Crippen molar-refractivity contribution in [3.8, 4) is 0 Å². The molecule has 3 heteroatoms. The number of aryl methyl sites for hydroxylation is 1. The van der Waals surface area contributed by atoms with Crippen LogP contribution in [0.25, 0.3) is 10.9 Å². The molecule has 2 heterocycles. The van der Waals surface area contributed by atoms with Crippen LogP contribution >= 0.6 is 11.3 Å². The quantitative estimate of drug-likeness (QED) is 0.758. The predicted molar refractivity (Wildman–Crippen MR) is 90.8 cm³/mol. The molecule has 0 saturated carbocycles. The van der Waals surface area contributed by atoms with Gasteiger partial charge in [0.25, 0.3) is 0 Å². The smallest absolute Gasteiger partial charge is 0.0702 e. The predicted octanol–water partition coefficient (Wildman–Crippen LogP) is 4.33. The van der Waals surface area contributed by atoms with Crippen LogP contribution in [0.1, 0.15) is 22.2 Å². The minimum atomic E-state index is 0.479. The maximum absolute atomic E-state index is 4.36. The molecule has 108 valence electrons. The lowest BCUT2D eigenvalue weighted by Gasteiger charge is -2.13. The van der Waals surface area contributed by atoms with Gasteiger partial charge in [0, 0.05) is 33.9 Å². The van der Waals surface area contributed by atoms with Crippen molar-refractivity contribution in [2.45, 2.75) is 32.9 Å². The maximum Gasteiger partial charge on any atom is 0.0702 e. The van der Waals surface area contributed by atoms with Gasteiger partial charge >= 0.3 is 0 Å². The van der Waals surface area contributed by atoms with E-state index in [0.717, 1.165) is 18.5 Å². The number of nitrogens with zero attached hydrogens (tertiary/aromatic N) is 1. The molecule has 0 amide bonds. The highest BCUT2D eigenvalue weighted by Gasteiger charge is 2.05. The number of benzene rings is 1. The first-order valence-corrected chi connectivity index (χ1v) is 8.15. The summed E-state index contributed by atoms with van der Waals surface area (Å²) in [5.74, 6) is 0. The van der Waals surface area contributed by atoms with E-state index in [0.29, 0.717) is 6.04 Å². The highest BCUT2D eigenvalue weighted by molar-refractivity contribution is 7.11. The number of aromatic nitrogens is 1.